The maximum atomic E-state index is 12.4. The molecule has 2 aromatic rings. The molecular weight excluding hydrogens is 364 g/mol. The van der Waals surface area contributed by atoms with Gasteiger partial charge in [0.2, 0.25) is 5.91 Å². The molecule has 2 saturated carbocycles. The fraction of sp³-hybridized carbons (Fsp3) is 0.632. The van der Waals surface area contributed by atoms with Crippen molar-refractivity contribution in [2.75, 3.05) is 0 Å². The first-order valence-corrected chi connectivity index (χ1v) is 11.4. The molecule has 0 radical (unpaired) electrons. The molecule has 0 unspecified atom stereocenters. The zero-order valence-electron chi connectivity index (χ0n) is 15.2. The van der Waals surface area contributed by atoms with E-state index in [0.717, 1.165) is 30.2 Å². The molecule has 1 N–H and O–H groups in total. The summed E-state index contributed by atoms with van der Waals surface area (Å²) in [5.74, 6) is 1.16. The molecule has 140 valence electrons. The number of rotatable bonds is 7. The zero-order chi connectivity index (χ0) is 17.9. The van der Waals surface area contributed by atoms with Crippen molar-refractivity contribution in [2.45, 2.75) is 80.8 Å². The van der Waals surface area contributed by atoms with Crippen LogP contribution in [0.25, 0.3) is 0 Å². The molecule has 0 aromatic carbocycles. The number of carbonyl (C=O) groups excluding carboxylic acids is 1. The average Bonchev–Trinajstić information content (AvgIpc) is 3.16. The van der Waals surface area contributed by atoms with Crippen molar-refractivity contribution in [3.05, 3.63) is 28.2 Å². The first-order chi connectivity index (χ1) is 12.7. The van der Waals surface area contributed by atoms with Gasteiger partial charge in [0, 0.05) is 23.4 Å². The van der Waals surface area contributed by atoms with Crippen LogP contribution in [0.5, 0.6) is 0 Å². The maximum absolute atomic E-state index is 12.4. The molecule has 5 nitrogen and oxygen atoms in total. The third-order valence-electron chi connectivity index (χ3n) is 5.16. The first-order valence-electron chi connectivity index (χ1n) is 9.64. The SMILES string of the molecule is C[C@@H](Sc1nnc(Cc2cccs2)n1C1CCCCC1)C(=O)NC1CC1. The van der Waals surface area contributed by atoms with Crippen molar-refractivity contribution >= 4 is 29.0 Å². The highest BCUT2D eigenvalue weighted by molar-refractivity contribution is 8.00. The lowest BCUT2D eigenvalue weighted by Gasteiger charge is -2.26. The highest BCUT2D eigenvalue weighted by Crippen LogP contribution is 2.34. The van der Waals surface area contributed by atoms with Crippen LogP contribution in [0.2, 0.25) is 0 Å². The van der Waals surface area contributed by atoms with Gasteiger partial charge in [-0.2, -0.15) is 0 Å². The van der Waals surface area contributed by atoms with Crippen LogP contribution in [-0.4, -0.2) is 32.0 Å². The summed E-state index contributed by atoms with van der Waals surface area (Å²) in [6, 6.07) is 5.11. The largest absolute Gasteiger partial charge is 0.352 e. The molecule has 0 bridgehead atoms. The van der Waals surface area contributed by atoms with E-state index >= 15 is 0 Å². The van der Waals surface area contributed by atoms with E-state index in [1.54, 1.807) is 23.1 Å². The standard InChI is InChI=1S/C19H26N4OS2/c1-13(18(24)20-14-9-10-14)26-19-22-21-17(12-16-8-5-11-25-16)23(19)15-6-3-2-4-7-15/h5,8,11,13-15H,2-4,6-7,9-10,12H2,1H3,(H,20,24)/t13-/m1/s1. The number of thiophene rings is 1. The summed E-state index contributed by atoms with van der Waals surface area (Å²) in [5.41, 5.74) is 0. The predicted molar refractivity (Wildman–Crippen MR) is 106 cm³/mol. The Bertz CT molecular complexity index is 733. The molecule has 2 aliphatic rings. The molecule has 1 atom stereocenters. The Labute approximate surface area is 163 Å². The normalized spacial score (nSPS) is 19.4. The van der Waals surface area contributed by atoms with E-state index < -0.39 is 0 Å². The smallest absolute Gasteiger partial charge is 0.233 e. The molecule has 4 rings (SSSR count). The van der Waals surface area contributed by atoms with Crippen LogP contribution < -0.4 is 5.32 Å². The molecule has 2 fully saturated rings. The summed E-state index contributed by atoms with van der Waals surface area (Å²) in [5, 5.41) is 15.0. The lowest BCUT2D eigenvalue weighted by Crippen LogP contribution is -2.32. The zero-order valence-corrected chi connectivity index (χ0v) is 16.8. The van der Waals surface area contributed by atoms with Gasteiger partial charge in [0.15, 0.2) is 5.16 Å². The quantitative estimate of drug-likeness (QED) is 0.720. The van der Waals surface area contributed by atoms with Gasteiger partial charge in [0.05, 0.1) is 5.25 Å². The van der Waals surface area contributed by atoms with Crippen molar-refractivity contribution in [1.82, 2.24) is 20.1 Å². The van der Waals surface area contributed by atoms with E-state index in [2.05, 4.69) is 37.6 Å². The molecule has 0 saturated heterocycles. The number of amides is 1. The second-order valence-corrected chi connectivity index (χ2v) is 9.70. The van der Waals surface area contributed by atoms with Gasteiger partial charge in [-0.1, -0.05) is 37.1 Å². The van der Waals surface area contributed by atoms with Crippen molar-refractivity contribution < 1.29 is 4.79 Å². The molecule has 1 amide bonds. The Kier molecular flexibility index (Phi) is 5.64. The number of carbonyl (C=O) groups is 1. The summed E-state index contributed by atoms with van der Waals surface area (Å²) >= 11 is 3.32. The predicted octanol–water partition coefficient (Wildman–Crippen LogP) is 4.19. The third-order valence-corrected chi connectivity index (χ3v) is 7.10. The number of nitrogens with one attached hydrogen (secondary N) is 1. The van der Waals surface area contributed by atoms with Crippen molar-refractivity contribution in [3.8, 4) is 0 Å². The molecule has 7 heteroatoms. The van der Waals surface area contributed by atoms with Crippen molar-refractivity contribution in [2.24, 2.45) is 0 Å². The molecule has 0 spiro atoms. The van der Waals surface area contributed by atoms with Crippen LogP contribution in [0.15, 0.2) is 22.7 Å². The monoisotopic (exact) mass is 390 g/mol. The van der Waals surface area contributed by atoms with Gasteiger partial charge in [-0.05, 0) is 44.1 Å². The highest BCUT2D eigenvalue weighted by atomic mass is 32.2. The molecule has 2 heterocycles. The van der Waals surface area contributed by atoms with Gasteiger partial charge in [-0.25, -0.2) is 0 Å². The summed E-state index contributed by atoms with van der Waals surface area (Å²) in [7, 11) is 0. The Morgan fingerprint density at radius 1 is 1.31 bits per heavy atom. The summed E-state index contributed by atoms with van der Waals surface area (Å²) in [6.45, 7) is 1.97. The van der Waals surface area contributed by atoms with Crippen molar-refractivity contribution in [1.29, 1.82) is 0 Å². The van der Waals surface area contributed by atoms with Gasteiger partial charge in [-0.3, -0.25) is 4.79 Å². The van der Waals surface area contributed by atoms with Crippen LogP contribution in [0.3, 0.4) is 0 Å². The fourth-order valence-electron chi connectivity index (χ4n) is 3.54. The first kappa shape index (κ1) is 18.0. The summed E-state index contributed by atoms with van der Waals surface area (Å²) in [4.78, 5) is 13.7. The number of nitrogens with zero attached hydrogens (tertiary/aromatic N) is 3. The van der Waals surface area contributed by atoms with E-state index in [1.165, 1.54) is 37.0 Å². The van der Waals surface area contributed by atoms with Gasteiger partial charge in [-0.15, -0.1) is 21.5 Å². The van der Waals surface area contributed by atoms with Crippen LogP contribution in [0, 0.1) is 0 Å². The average molecular weight is 391 g/mol. The highest BCUT2D eigenvalue weighted by Gasteiger charge is 2.29. The number of thioether (sulfide) groups is 1. The second-order valence-electron chi connectivity index (χ2n) is 7.36. The van der Waals surface area contributed by atoms with Crippen LogP contribution in [-0.2, 0) is 11.2 Å². The van der Waals surface area contributed by atoms with E-state index in [4.69, 9.17) is 0 Å². The minimum atomic E-state index is -0.142. The van der Waals surface area contributed by atoms with E-state index in [9.17, 15) is 4.79 Å². The minimum Gasteiger partial charge on any atom is -0.352 e. The number of aromatic nitrogens is 3. The van der Waals surface area contributed by atoms with Gasteiger partial charge >= 0.3 is 0 Å². The molecule has 26 heavy (non-hydrogen) atoms. The third kappa shape index (κ3) is 4.31. The second kappa shape index (κ2) is 8.13. The molecule has 0 aliphatic heterocycles. The molecule has 2 aromatic heterocycles. The molecular formula is C19H26N4OS2. The van der Waals surface area contributed by atoms with Crippen LogP contribution in [0.4, 0.5) is 0 Å². The lowest BCUT2D eigenvalue weighted by atomic mass is 9.95. The van der Waals surface area contributed by atoms with Gasteiger partial charge < -0.3 is 9.88 Å². The van der Waals surface area contributed by atoms with Gasteiger partial charge in [0.25, 0.3) is 0 Å². The lowest BCUT2D eigenvalue weighted by molar-refractivity contribution is -0.120. The summed E-state index contributed by atoms with van der Waals surface area (Å²) in [6.07, 6.45) is 9.29. The molecule has 2 aliphatic carbocycles. The van der Waals surface area contributed by atoms with Crippen LogP contribution >= 0.6 is 23.1 Å². The number of hydrogen-bond donors (Lipinski definition) is 1. The Morgan fingerprint density at radius 2 is 2.12 bits per heavy atom. The van der Waals surface area contributed by atoms with E-state index in [-0.39, 0.29) is 11.2 Å². The van der Waals surface area contributed by atoms with Gasteiger partial charge in [0.1, 0.15) is 5.82 Å². The number of hydrogen-bond acceptors (Lipinski definition) is 5. The Hall–Kier alpha value is -1.34. The van der Waals surface area contributed by atoms with E-state index in [1.807, 2.05) is 6.92 Å². The fourth-order valence-corrected chi connectivity index (χ4v) is 5.19. The maximum Gasteiger partial charge on any atom is 0.233 e. The summed E-state index contributed by atoms with van der Waals surface area (Å²) < 4.78 is 2.34. The van der Waals surface area contributed by atoms with Crippen molar-refractivity contribution in [3.63, 3.8) is 0 Å². The van der Waals surface area contributed by atoms with Crippen LogP contribution in [0.1, 0.15) is 68.6 Å². The Balaban J connectivity index is 1.54. The Morgan fingerprint density at radius 3 is 2.81 bits per heavy atom. The minimum absolute atomic E-state index is 0.121. The van der Waals surface area contributed by atoms with E-state index in [0.29, 0.717) is 12.1 Å². The topological polar surface area (TPSA) is 59.8 Å².